The smallest absolute Gasteiger partial charge is 0.306 e. The molecule has 0 aliphatic heterocycles. The summed E-state index contributed by atoms with van der Waals surface area (Å²) in [6.07, 6.45) is 86.4. The molecule has 0 aromatic heterocycles. The van der Waals surface area contributed by atoms with Gasteiger partial charge in [0.2, 0.25) is 0 Å². The second-order valence-electron chi connectivity index (χ2n) is 25.2. The quantitative estimate of drug-likeness (QED) is 0.0261. The van der Waals surface area contributed by atoms with Crippen molar-refractivity contribution in [1.29, 1.82) is 0 Å². The Balaban J connectivity index is 4.28. The molecule has 0 bridgehead atoms. The van der Waals surface area contributed by atoms with Crippen LogP contribution in [0.25, 0.3) is 0 Å². The molecule has 0 aliphatic rings. The Bertz CT molecular complexity index is 1310. The highest BCUT2D eigenvalue weighted by molar-refractivity contribution is 5.71. The minimum Gasteiger partial charge on any atom is -0.462 e. The van der Waals surface area contributed by atoms with Gasteiger partial charge in [-0.3, -0.25) is 14.4 Å². The molecule has 0 heterocycles. The maximum absolute atomic E-state index is 13.0. The Labute approximate surface area is 506 Å². The summed E-state index contributed by atoms with van der Waals surface area (Å²) in [6.45, 7) is 6.73. The number of hydrogen-bond acceptors (Lipinski definition) is 6. The average molecular weight is 1140 g/mol. The van der Waals surface area contributed by atoms with Gasteiger partial charge in [-0.15, -0.1) is 0 Å². The van der Waals surface area contributed by atoms with Crippen molar-refractivity contribution in [2.75, 3.05) is 13.2 Å². The molecule has 6 heteroatoms. The molecule has 0 fully saturated rings. The fraction of sp³-hybridized carbons (Fsp3) is 0.907. The number of carbonyl (C=O) groups is 3. The first-order valence-corrected chi connectivity index (χ1v) is 36.8. The van der Waals surface area contributed by atoms with Crippen LogP contribution in [0.15, 0.2) is 24.3 Å². The average Bonchev–Trinajstić information content (AvgIpc) is 3.47. The molecule has 1 atom stereocenters. The monoisotopic (exact) mass is 1140 g/mol. The zero-order valence-electron chi connectivity index (χ0n) is 55.1. The van der Waals surface area contributed by atoms with Crippen LogP contribution in [-0.2, 0) is 28.6 Å². The van der Waals surface area contributed by atoms with Gasteiger partial charge in [-0.2, -0.15) is 0 Å². The third kappa shape index (κ3) is 68.6. The Hall–Kier alpha value is -2.11. The van der Waals surface area contributed by atoms with Gasteiger partial charge in [-0.25, -0.2) is 0 Å². The first-order chi connectivity index (χ1) is 40.0. The molecule has 6 nitrogen and oxygen atoms in total. The van der Waals surface area contributed by atoms with Crippen molar-refractivity contribution < 1.29 is 28.6 Å². The molecule has 0 aromatic rings. The molecule has 0 rings (SSSR count). The van der Waals surface area contributed by atoms with Gasteiger partial charge in [0.05, 0.1) is 0 Å². The van der Waals surface area contributed by atoms with E-state index in [9.17, 15) is 14.4 Å². The normalized spacial score (nSPS) is 12.1. The SMILES string of the molecule is CCCCCCC/C=C\C/C=C\CCCCCCCCCCCCCC(=O)OCC(COC(=O)CCCCCCCCCCCCCCCCCCC)OC(=O)CCCCCCCCCCCCCCCCCCCCCCCCC. The molecule has 0 N–H and O–H groups in total. The second kappa shape index (κ2) is 70.4. The highest BCUT2D eigenvalue weighted by Crippen LogP contribution is 2.19. The van der Waals surface area contributed by atoms with Gasteiger partial charge in [0.25, 0.3) is 0 Å². The Morgan fingerprint density at radius 3 is 0.679 bits per heavy atom. The third-order valence-electron chi connectivity index (χ3n) is 17.0. The van der Waals surface area contributed by atoms with Crippen molar-refractivity contribution in [3.05, 3.63) is 24.3 Å². The zero-order chi connectivity index (χ0) is 58.5. The summed E-state index contributed by atoms with van der Waals surface area (Å²) in [5.41, 5.74) is 0. The number of allylic oxidation sites excluding steroid dienone is 4. The number of rotatable bonds is 69. The standard InChI is InChI=1S/C75H142O6/c1-4-7-10-13-16-19-22-25-28-31-33-35-37-39-41-44-47-50-53-56-59-62-65-68-74(77)80-71-72(70-79-73(76)67-64-61-58-55-52-49-46-43-30-27-24-21-18-15-12-9-6-3)81-75(78)69-66-63-60-57-54-51-48-45-42-40-38-36-34-32-29-26-23-20-17-14-11-8-5-2/h22,25,31,33,72H,4-21,23-24,26-30,32,34-71H2,1-3H3/b25-22-,33-31-. The lowest BCUT2D eigenvalue weighted by atomic mass is 10.0. The summed E-state index contributed by atoms with van der Waals surface area (Å²) in [6, 6.07) is 0. The Kier molecular flexibility index (Phi) is 68.5. The first kappa shape index (κ1) is 78.9. The van der Waals surface area contributed by atoms with Crippen LogP contribution in [0.5, 0.6) is 0 Å². The Morgan fingerprint density at radius 1 is 0.247 bits per heavy atom. The van der Waals surface area contributed by atoms with Crippen molar-refractivity contribution >= 4 is 17.9 Å². The second-order valence-corrected chi connectivity index (χ2v) is 25.2. The van der Waals surface area contributed by atoms with Gasteiger partial charge in [0.15, 0.2) is 6.10 Å². The maximum atomic E-state index is 13.0. The lowest BCUT2D eigenvalue weighted by molar-refractivity contribution is -0.167. The molecule has 1 unspecified atom stereocenters. The molecule has 0 saturated heterocycles. The van der Waals surface area contributed by atoms with Crippen LogP contribution in [0.2, 0.25) is 0 Å². The minimum atomic E-state index is -0.769. The third-order valence-corrected chi connectivity index (χ3v) is 17.0. The van der Waals surface area contributed by atoms with Gasteiger partial charge in [-0.1, -0.05) is 373 Å². The van der Waals surface area contributed by atoms with Crippen LogP contribution >= 0.6 is 0 Å². The van der Waals surface area contributed by atoms with E-state index in [1.807, 2.05) is 0 Å². The summed E-state index contributed by atoms with van der Waals surface area (Å²) >= 11 is 0. The Morgan fingerprint density at radius 2 is 0.444 bits per heavy atom. The summed E-state index contributed by atoms with van der Waals surface area (Å²) in [5.74, 6) is -0.829. The van der Waals surface area contributed by atoms with Gasteiger partial charge in [-0.05, 0) is 51.4 Å². The van der Waals surface area contributed by atoms with E-state index >= 15 is 0 Å². The van der Waals surface area contributed by atoms with Crippen molar-refractivity contribution in [2.24, 2.45) is 0 Å². The summed E-state index contributed by atoms with van der Waals surface area (Å²) < 4.78 is 17.0. The van der Waals surface area contributed by atoms with Crippen LogP contribution in [0, 0.1) is 0 Å². The van der Waals surface area contributed by atoms with E-state index in [4.69, 9.17) is 14.2 Å². The highest BCUT2D eigenvalue weighted by atomic mass is 16.6. The van der Waals surface area contributed by atoms with E-state index in [-0.39, 0.29) is 31.1 Å². The van der Waals surface area contributed by atoms with Crippen LogP contribution in [0.3, 0.4) is 0 Å². The predicted octanol–water partition coefficient (Wildman–Crippen LogP) is 25.3. The van der Waals surface area contributed by atoms with Gasteiger partial charge < -0.3 is 14.2 Å². The predicted molar refractivity (Wildman–Crippen MR) is 353 cm³/mol. The molecular weight excluding hydrogens is 997 g/mol. The summed E-state index contributed by atoms with van der Waals surface area (Å²) in [5, 5.41) is 0. The van der Waals surface area contributed by atoms with Crippen LogP contribution in [0.1, 0.15) is 419 Å². The molecule has 0 radical (unpaired) electrons. The van der Waals surface area contributed by atoms with Crippen molar-refractivity contribution in [3.63, 3.8) is 0 Å². The van der Waals surface area contributed by atoms with E-state index in [2.05, 4.69) is 45.1 Å². The zero-order valence-corrected chi connectivity index (χ0v) is 55.1. The van der Waals surface area contributed by atoms with Crippen LogP contribution in [-0.4, -0.2) is 37.2 Å². The molecule has 0 saturated carbocycles. The number of esters is 3. The molecule has 0 spiro atoms. The number of hydrogen-bond donors (Lipinski definition) is 0. The van der Waals surface area contributed by atoms with Gasteiger partial charge in [0, 0.05) is 19.3 Å². The lowest BCUT2D eigenvalue weighted by Crippen LogP contribution is -2.30. The maximum Gasteiger partial charge on any atom is 0.306 e. The van der Waals surface area contributed by atoms with E-state index < -0.39 is 6.10 Å². The number of unbranched alkanes of at least 4 members (excludes halogenated alkanes) is 54. The topological polar surface area (TPSA) is 78.9 Å². The van der Waals surface area contributed by atoms with E-state index in [0.717, 1.165) is 64.2 Å². The van der Waals surface area contributed by atoms with Crippen molar-refractivity contribution in [3.8, 4) is 0 Å². The molecule has 478 valence electrons. The van der Waals surface area contributed by atoms with E-state index in [1.165, 1.54) is 315 Å². The highest BCUT2D eigenvalue weighted by Gasteiger charge is 2.20. The van der Waals surface area contributed by atoms with E-state index in [1.54, 1.807) is 0 Å². The van der Waals surface area contributed by atoms with E-state index in [0.29, 0.717) is 19.3 Å². The largest absolute Gasteiger partial charge is 0.462 e. The van der Waals surface area contributed by atoms with Crippen LogP contribution in [0.4, 0.5) is 0 Å². The number of carbonyl (C=O) groups excluding carboxylic acids is 3. The van der Waals surface area contributed by atoms with Crippen molar-refractivity contribution in [2.45, 2.75) is 425 Å². The van der Waals surface area contributed by atoms with Crippen molar-refractivity contribution in [1.82, 2.24) is 0 Å². The summed E-state index contributed by atoms with van der Waals surface area (Å²) in [7, 11) is 0. The molecular formula is C75H142O6. The summed E-state index contributed by atoms with van der Waals surface area (Å²) in [4.78, 5) is 38.5. The molecule has 0 aliphatic carbocycles. The first-order valence-electron chi connectivity index (χ1n) is 36.8. The molecule has 0 amide bonds. The number of ether oxygens (including phenoxy) is 3. The minimum absolute atomic E-state index is 0.0645. The fourth-order valence-electron chi connectivity index (χ4n) is 11.4. The van der Waals surface area contributed by atoms with Gasteiger partial charge in [0.1, 0.15) is 13.2 Å². The molecule has 0 aromatic carbocycles. The lowest BCUT2D eigenvalue weighted by Gasteiger charge is -2.18. The van der Waals surface area contributed by atoms with Gasteiger partial charge >= 0.3 is 17.9 Å². The van der Waals surface area contributed by atoms with Crippen LogP contribution < -0.4 is 0 Å². The molecule has 81 heavy (non-hydrogen) atoms. The fourth-order valence-corrected chi connectivity index (χ4v) is 11.4.